The van der Waals surface area contributed by atoms with Crippen LogP contribution in [0.3, 0.4) is 0 Å². The van der Waals surface area contributed by atoms with Crippen LogP contribution in [-0.4, -0.2) is 60.5 Å². The number of hydrogen-bond donors (Lipinski definition) is 5. The van der Waals surface area contributed by atoms with Gasteiger partial charge in [-0.1, -0.05) is 26.5 Å². The molecule has 0 aromatic carbocycles. The molecule has 45 heavy (non-hydrogen) atoms. The van der Waals surface area contributed by atoms with Crippen molar-refractivity contribution >= 4 is 53.3 Å². The number of H-pyrrole nitrogens is 1. The third-order valence-corrected chi connectivity index (χ3v) is 8.87. The molecule has 5 N–H and O–H groups in total. The first-order chi connectivity index (χ1) is 21.3. The maximum atomic E-state index is 12.7. The van der Waals surface area contributed by atoms with Gasteiger partial charge in [0.2, 0.25) is 5.76 Å². The monoisotopic (exact) mass is 610 g/mol. The minimum absolute atomic E-state index is 0.0594. The van der Waals surface area contributed by atoms with Crippen LogP contribution in [0.15, 0.2) is 78.3 Å². The zero-order chi connectivity index (χ0) is 32.9. The van der Waals surface area contributed by atoms with Crippen molar-refractivity contribution in [3.63, 3.8) is 0 Å². The largest absolute Gasteiger partial charge is 0.501 e. The van der Waals surface area contributed by atoms with Gasteiger partial charge in [0.15, 0.2) is 0 Å². The lowest BCUT2D eigenvalue weighted by Gasteiger charge is -2.20. The van der Waals surface area contributed by atoms with E-state index in [4.69, 9.17) is 9.98 Å². The first-order valence-corrected chi connectivity index (χ1v) is 14.6. The number of aliphatic carboxylic acids is 3. The summed E-state index contributed by atoms with van der Waals surface area (Å²) in [6.45, 7) is 13.3. The van der Waals surface area contributed by atoms with Crippen LogP contribution in [0.5, 0.6) is 0 Å². The molecule has 5 rings (SSSR count). The molecule has 232 valence electrons. The number of aromatic amines is 1. The van der Waals surface area contributed by atoms with Crippen LogP contribution in [0.1, 0.15) is 69.5 Å². The topological polar surface area (TPSA) is 185 Å². The average molecular weight is 611 g/mol. The Hall–Kier alpha value is -5.32. The van der Waals surface area contributed by atoms with E-state index in [9.17, 15) is 34.8 Å². The van der Waals surface area contributed by atoms with Crippen molar-refractivity contribution in [3.8, 4) is 0 Å². The first kappa shape index (κ1) is 31.1. The van der Waals surface area contributed by atoms with Gasteiger partial charge in [-0.2, -0.15) is 0 Å². The molecule has 0 amide bonds. The molecule has 1 aromatic rings. The number of aliphatic hydroxyl groups is 1. The second kappa shape index (κ2) is 11.6. The molecule has 0 radical (unpaired) electrons. The maximum absolute atomic E-state index is 12.7. The van der Waals surface area contributed by atoms with Crippen LogP contribution in [0, 0.1) is 18.8 Å². The Bertz CT molecular complexity index is 1880. The van der Waals surface area contributed by atoms with Gasteiger partial charge in [0.1, 0.15) is 0 Å². The van der Waals surface area contributed by atoms with Crippen molar-refractivity contribution in [1.29, 1.82) is 0 Å². The molecule has 2 atom stereocenters. The van der Waals surface area contributed by atoms with Gasteiger partial charge in [-0.25, -0.2) is 19.6 Å². The quantitative estimate of drug-likeness (QED) is 0.184. The van der Waals surface area contributed by atoms with Crippen LogP contribution < -0.4 is 0 Å². The number of aliphatic hydroxyl groups excluding tert-OH is 1. The number of carboxylic acid groups (broad SMARTS) is 3. The van der Waals surface area contributed by atoms with Crippen molar-refractivity contribution in [1.82, 2.24) is 4.98 Å². The second-order valence-corrected chi connectivity index (χ2v) is 11.4. The summed E-state index contributed by atoms with van der Waals surface area (Å²) in [6, 6.07) is 0. The van der Waals surface area contributed by atoms with E-state index in [1.807, 2.05) is 39.8 Å². The zero-order valence-electron chi connectivity index (χ0n) is 25.6. The summed E-state index contributed by atoms with van der Waals surface area (Å²) in [6.07, 6.45) is 7.60. The number of aromatic nitrogens is 1. The van der Waals surface area contributed by atoms with E-state index in [2.05, 4.69) is 16.6 Å². The van der Waals surface area contributed by atoms with Crippen molar-refractivity contribution in [2.45, 2.75) is 53.9 Å². The Balaban J connectivity index is 1.91. The summed E-state index contributed by atoms with van der Waals surface area (Å²) in [5, 5.41) is 40.9. The fourth-order valence-corrected chi connectivity index (χ4v) is 6.37. The molecule has 0 aliphatic carbocycles. The predicted molar refractivity (Wildman–Crippen MR) is 172 cm³/mol. The van der Waals surface area contributed by atoms with E-state index in [-0.39, 0.29) is 46.7 Å². The summed E-state index contributed by atoms with van der Waals surface area (Å²) >= 11 is 0. The van der Waals surface area contributed by atoms with Crippen molar-refractivity contribution in [2.75, 3.05) is 0 Å². The maximum Gasteiger partial charge on any atom is 0.371 e. The third kappa shape index (κ3) is 5.24. The Morgan fingerprint density at radius 2 is 1.64 bits per heavy atom. The van der Waals surface area contributed by atoms with Crippen molar-refractivity contribution < 1.29 is 34.8 Å². The smallest absolute Gasteiger partial charge is 0.371 e. The number of nitrogens with one attached hydrogen (secondary N) is 1. The van der Waals surface area contributed by atoms with Crippen LogP contribution >= 0.6 is 0 Å². The van der Waals surface area contributed by atoms with E-state index in [0.29, 0.717) is 29.2 Å². The standard InChI is InChI=1S/C34H34N4O7/c1-7-18-14(3)21-11-23-16(5)20(9-10-27(39)40)30(37-23)29(32(41)34(44)45)31-28(33(42)43)17(6)24(38-31)13-26-19(8-2)15(4)22(36-26)12-25(18)35-21/h7,11-13,16,20,35,41H,1,8-10H2,2-6H3,(H,39,40)(H,42,43)(H,44,45)/t16-,20-/m0/s1. The highest BCUT2D eigenvalue weighted by Crippen LogP contribution is 2.42. The fourth-order valence-electron chi connectivity index (χ4n) is 6.37. The Morgan fingerprint density at radius 3 is 2.24 bits per heavy atom. The van der Waals surface area contributed by atoms with Crippen LogP contribution in [0.4, 0.5) is 0 Å². The highest BCUT2D eigenvalue weighted by molar-refractivity contribution is 6.40. The van der Waals surface area contributed by atoms with Crippen LogP contribution in [-0.2, 0) is 14.4 Å². The number of hydrogen-bond acceptors (Lipinski definition) is 7. The molecule has 0 fully saturated rings. The molecule has 0 spiro atoms. The van der Waals surface area contributed by atoms with Gasteiger partial charge < -0.3 is 25.4 Å². The molecule has 1 aromatic heterocycles. The van der Waals surface area contributed by atoms with Crippen molar-refractivity contribution in [2.24, 2.45) is 26.8 Å². The number of nitrogens with zero attached hydrogens (tertiary/aromatic N) is 3. The fraction of sp³-hybridized carbons (Fsp3) is 0.294. The van der Waals surface area contributed by atoms with E-state index in [1.165, 1.54) is 0 Å². The molecule has 0 unspecified atom stereocenters. The number of carbonyl (C=O) groups is 3. The lowest BCUT2D eigenvalue weighted by molar-refractivity contribution is -0.137. The minimum atomic E-state index is -1.70. The summed E-state index contributed by atoms with van der Waals surface area (Å²) in [4.78, 5) is 54.3. The molecule has 11 heteroatoms. The van der Waals surface area contributed by atoms with E-state index < -0.39 is 35.5 Å². The molecule has 4 aliphatic rings. The summed E-state index contributed by atoms with van der Waals surface area (Å²) < 4.78 is 0. The van der Waals surface area contributed by atoms with Crippen molar-refractivity contribution in [3.05, 3.63) is 85.9 Å². The number of aliphatic imine (C=N–C) groups is 3. The second-order valence-electron chi connectivity index (χ2n) is 11.4. The minimum Gasteiger partial charge on any atom is -0.501 e. The third-order valence-electron chi connectivity index (χ3n) is 8.87. The van der Waals surface area contributed by atoms with Crippen LogP contribution in [0.2, 0.25) is 0 Å². The lowest BCUT2D eigenvalue weighted by atomic mass is 9.81. The molecule has 11 nitrogen and oxygen atoms in total. The summed E-state index contributed by atoms with van der Waals surface area (Å²) in [5.41, 5.74) is 6.58. The first-order valence-electron chi connectivity index (χ1n) is 14.6. The SMILES string of the molecule is C=Cc1c2[nH]c(c1C)C=C1N=C(C(=C(O)C(=O)O)C3=NC(=CC4=NC(=C2)C(C)=C4CC)C(C)=C3C(=O)O)[C@@H](CCC(=O)O)[C@@H]1C. The number of allylic oxidation sites excluding steroid dienone is 6. The Labute approximate surface area is 259 Å². The molecule has 8 bridgehead atoms. The summed E-state index contributed by atoms with van der Waals surface area (Å²) in [7, 11) is 0. The number of fused-ring (bicyclic) bond motifs is 5. The highest BCUT2D eigenvalue weighted by atomic mass is 16.4. The zero-order valence-corrected chi connectivity index (χ0v) is 25.6. The molecule has 0 saturated heterocycles. The molecule has 0 saturated carbocycles. The van der Waals surface area contributed by atoms with Gasteiger partial charge in [0.05, 0.1) is 39.7 Å². The van der Waals surface area contributed by atoms with Gasteiger partial charge in [-0.15, -0.1) is 0 Å². The normalized spacial score (nSPS) is 22.0. The Morgan fingerprint density at radius 1 is 0.956 bits per heavy atom. The van der Waals surface area contributed by atoms with Gasteiger partial charge in [0.25, 0.3) is 0 Å². The molecular weight excluding hydrogens is 576 g/mol. The highest BCUT2D eigenvalue weighted by Gasteiger charge is 2.42. The van der Waals surface area contributed by atoms with Gasteiger partial charge in [-0.05, 0) is 74.1 Å². The van der Waals surface area contributed by atoms with E-state index in [1.54, 1.807) is 19.1 Å². The molecular formula is C34H34N4O7. The average Bonchev–Trinajstić information content (AvgIpc) is 3.65. The number of carboxylic acids is 3. The Kier molecular flexibility index (Phi) is 8.05. The lowest BCUT2D eigenvalue weighted by Crippen LogP contribution is -2.28. The van der Waals surface area contributed by atoms with E-state index in [0.717, 1.165) is 28.0 Å². The molecule has 5 heterocycles. The van der Waals surface area contributed by atoms with Gasteiger partial charge in [0, 0.05) is 40.9 Å². The van der Waals surface area contributed by atoms with E-state index >= 15 is 0 Å². The number of rotatable bonds is 7. The predicted octanol–water partition coefficient (Wildman–Crippen LogP) is 6.05. The van der Waals surface area contributed by atoms with Crippen LogP contribution in [0.25, 0.3) is 18.2 Å². The van der Waals surface area contributed by atoms with Gasteiger partial charge in [-0.3, -0.25) is 9.79 Å². The summed E-state index contributed by atoms with van der Waals surface area (Å²) in [5.74, 6) is -6.34. The van der Waals surface area contributed by atoms with Gasteiger partial charge >= 0.3 is 17.9 Å². The molecule has 4 aliphatic heterocycles.